The quantitative estimate of drug-likeness (QED) is 0.267. The van der Waals surface area contributed by atoms with Crippen LogP contribution in [0.2, 0.25) is 8.87 Å². The summed E-state index contributed by atoms with van der Waals surface area (Å²) in [6, 6.07) is 18.5. The van der Waals surface area contributed by atoms with Gasteiger partial charge in [0.15, 0.2) is 0 Å². The zero-order chi connectivity index (χ0) is 24.1. The predicted octanol–water partition coefficient (Wildman–Crippen LogP) is 5.89. The molecular weight excluding hydrogens is 527 g/mol. The third kappa shape index (κ3) is 8.12. The summed E-state index contributed by atoms with van der Waals surface area (Å²) in [6.07, 6.45) is 1.75. The molecule has 2 rings (SSSR count). The molecule has 2 aromatic rings. The van der Waals surface area contributed by atoms with Crippen molar-refractivity contribution in [2.75, 3.05) is 14.2 Å². The second kappa shape index (κ2) is 14.4. The second-order valence-electron chi connectivity index (χ2n) is 8.01. The molecule has 2 unspecified atom stereocenters. The minimum atomic E-state index is -4.20. The molecule has 0 saturated heterocycles. The molecule has 0 aliphatic carbocycles. The number of hydrogen-bond acceptors (Lipinski definition) is 6. The van der Waals surface area contributed by atoms with Gasteiger partial charge in [0.25, 0.3) is 0 Å². The summed E-state index contributed by atoms with van der Waals surface area (Å²) >= 11 is -4.20. The van der Waals surface area contributed by atoms with Gasteiger partial charge in [-0.05, 0) is 0 Å². The van der Waals surface area contributed by atoms with E-state index in [1.165, 1.54) is 14.2 Å². The van der Waals surface area contributed by atoms with E-state index >= 15 is 0 Å². The molecule has 0 heterocycles. The molecule has 2 aromatic carbocycles. The molecule has 0 bridgehead atoms. The molecule has 0 aliphatic heterocycles. The Hall–Kier alpha value is -1.90. The number of ether oxygens (including phenoxy) is 2. The molecule has 0 aliphatic rings. The van der Waals surface area contributed by atoms with E-state index in [-0.39, 0.29) is 0 Å². The number of rotatable bonds is 14. The van der Waals surface area contributed by atoms with Gasteiger partial charge in [0.1, 0.15) is 0 Å². The van der Waals surface area contributed by atoms with E-state index in [1.54, 1.807) is 0 Å². The standard InChI is InChI=1S/2C9H10O3.2C4H9.Sn/c2*1-12-8(9(10)11)7-5-3-2-4-6-7;2*1-3-4-2;/h2*2-6,8H,1H3,(H,10,11);2*1,3-4H2,2H3;/q;;;;+2/p-2. The topological polar surface area (TPSA) is 71.1 Å². The summed E-state index contributed by atoms with van der Waals surface area (Å²) in [5.41, 5.74) is 1.42. The van der Waals surface area contributed by atoms with Crippen LogP contribution >= 0.6 is 0 Å². The van der Waals surface area contributed by atoms with E-state index in [2.05, 4.69) is 13.8 Å². The number of methoxy groups -OCH3 is 2. The fourth-order valence-electron chi connectivity index (χ4n) is 3.71. The van der Waals surface area contributed by atoms with Crippen LogP contribution in [0.1, 0.15) is 62.9 Å². The third-order valence-corrected chi connectivity index (χ3v) is 15.1. The molecule has 0 saturated carbocycles. The average Bonchev–Trinajstić information content (AvgIpc) is 2.83. The van der Waals surface area contributed by atoms with Crippen LogP contribution in [0.5, 0.6) is 0 Å². The summed E-state index contributed by atoms with van der Waals surface area (Å²) in [7, 11) is 2.97. The molecule has 7 heteroatoms. The van der Waals surface area contributed by atoms with Crippen LogP contribution in [0.3, 0.4) is 0 Å². The van der Waals surface area contributed by atoms with E-state index < -0.39 is 43.4 Å². The molecule has 0 radical (unpaired) electrons. The van der Waals surface area contributed by atoms with Crippen molar-refractivity contribution < 1.29 is 25.2 Å². The fourth-order valence-corrected chi connectivity index (χ4v) is 13.5. The van der Waals surface area contributed by atoms with Crippen molar-refractivity contribution in [3.8, 4) is 0 Å². The first-order valence-corrected chi connectivity index (χ1v) is 18.0. The SMILES string of the molecule is CCC[CH2][Sn]([CH2]CCC)([O]C(=O)C(OC)c1ccccc1)[O]C(=O)C(OC)c1ccccc1. The van der Waals surface area contributed by atoms with Gasteiger partial charge in [-0.2, -0.15) is 0 Å². The number of carbonyl (C=O) groups is 2. The predicted molar refractivity (Wildman–Crippen MR) is 130 cm³/mol. The molecule has 0 fully saturated rings. The Morgan fingerprint density at radius 2 is 1.06 bits per heavy atom. The van der Waals surface area contributed by atoms with Gasteiger partial charge in [-0.25, -0.2) is 0 Å². The first-order chi connectivity index (χ1) is 16.0. The van der Waals surface area contributed by atoms with Crippen molar-refractivity contribution in [2.45, 2.75) is 60.6 Å². The summed E-state index contributed by atoms with van der Waals surface area (Å²) in [5, 5.41) is 0. The van der Waals surface area contributed by atoms with E-state index in [0.717, 1.165) is 25.7 Å². The van der Waals surface area contributed by atoms with E-state index in [1.807, 2.05) is 60.7 Å². The summed E-state index contributed by atoms with van der Waals surface area (Å²) < 4.78 is 24.6. The Bertz CT molecular complexity index is 771. The second-order valence-corrected chi connectivity index (χ2v) is 17.2. The van der Waals surface area contributed by atoms with Gasteiger partial charge in [0.2, 0.25) is 0 Å². The molecule has 6 nitrogen and oxygen atoms in total. The van der Waals surface area contributed by atoms with Crippen molar-refractivity contribution in [1.29, 1.82) is 0 Å². The van der Waals surface area contributed by atoms with Crippen LogP contribution in [-0.2, 0) is 25.2 Å². The van der Waals surface area contributed by atoms with Gasteiger partial charge < -0.3 is 0 Å². The number of hydrogen-bond donors (Lipinski definition) is 0. The molecule has 0 spiro atoms. The maximum atomic E-state index is 13.3. The monoisotopic (exact) mass is 564 g/mol. The van der Waals surface area contributed by atoms with Crippen LogP contribution in [0.25, 0.3) is 0 Å². The summed E-state index contributed by atoms with van der Waals surface area (Å²) in [4.78, 5) is 26.6. The van der Waals surface area contributed by atoms with Crippen molar-refractivity contribution in [1.82, 2.24) is 0 Å². The Kier molecular flexibility index (Phi) is 11.9. The Morgan fingerprint density at radius 3 is 1.36 bits per heavy atom. The normalized spacial score (nSPS) is 13.2. The molecule has 2 atom stereocenters. The van der Waals surface area contributed by atoms with Crippen molar-refractivity contribution in [2.24, 2.45) is 0 Å². The zero-order valence-electron chi connectivity index (χ0n) is 20.1. The molecule has 0 amide bonds. The zero-order valence-corrected chi connectivity index (χ0v) is 23.0. The van der Waals surface area contributed by atoms with Gasteiger partial charge in [-0.15, -0.1) is 0 Å². The fraction of sp³-hybridized carbons (Fsp3) is 0.462. The minimum absolute atomic E-state index is 0.492. The average molecular weight is 563 g/mol. The van der Waals surface area contributed by atoms with Gasteiger partial charge >= 0.3 is 203 Å². The first kappa shape index (κ1) is 27.3. The van der Waals surface area contributed by atoms with Crippen LogP contribution in [0, 0.1) is 0 Å². The van der Waals surface area contributed by atoms with Crippen LogP contribution < -0.4 is 0 Å². The molecule has 0 aromatic heterocycles. The third-order valence-electron chi connectivity index (χ3n) is 5.50. The van der Waals surface area contributed by atoms with Crippen LogP contribution in [-0.4, -0.2) is 45.4 Å². The summed E-state index contributed by atoms with van der Waals surface area (Å²) in [6.45, 7) is 4.15. The number of unbranched alkanes of at least 4 members (excludes halogenated alkanes) is 2. The Balaban J connectivity index is 2.33. The molecule has 33 heavy (non-hydrogen) atoms. The maximum absolute atomic E-state index is 13.3. The number of benzene rings is 2. The van der Waals surface area contributed by atoms with Gasteiger partial charge in [0.05, 0.1) is 0 Å². The molecular formula is C26H36O6Sn. The van der Waals surface area contributed by atoms with Crippen LogP contribution in [0.4, 0.5) is 0 Å². The van der Waals surface area contributed by atoms with Crippen molar-refractivity contribution in [3.63, 3.8) is 0 Å². The number of carbonyl (C=O) groups excluding carboxylic acids is 2. The van der Waals surface area contributed by atoms with E-state index in [0.29, 0.717) is 20.0 Å². The first-order valence-electron chi connectivity index (χ1n) is 11.6. The van der Waals surface area contributed by atoms with E-state index in [4.69, 9.17) is 15.6 Å². The molecule has 0 N–H and O–H groups in total. The van der Waals surface area contributed by atoms with Crippen molar-refractivity contribution >= 4 is 31.1 Å². The van der Waals surface area contributed by atoms with Crippen molar-refractivity contribution in [3.05, 3.63) is 71.8 Å². The van der Waals surface area contributed by atoms with E-state index in [9.17, 15) is 9.59 Å². The van der Waals surface area contributed by atoms with Gasteiger partial charge in [-0.3, -0.25) is 0 Å². The molecule has 180 valence electrons. The Labute approximate surface area is 202 Å². The van der Waals surface area contributed by atoms with Gasteiger partial charge in [0, 0.05) is 0 Å². The Morgan fingerprint density at radius 1 is 0.697 bits per heavy atom. The summed E-state index contributed by atoms with van der Waals surface area (Å²) in [5.74, 6) is -0.985. The van der Waals surface area contributed by atoms with Gasteiger partial charge in [-0.1, -0.05) is 0 Å². The van der Waals surface area contributed by atoms with Crippen LogP contribution in [0.15, 0.2) is 60.7 Å².